The van der Waals surface area contributed by atoms with E-state index >= 15 is 0 Å². The van der Waals surface area contributed by atoms with Crippen LogP contribution in [-0.2, 0) is 11.2 Å². The second-order valence-corrected chi connectivity index (χ2v) is 10.3. The number of fused-ring (bicyclic) bond motifs is 1. The van der Waals surface area contributed by atoms with Gasteiger partial charge in [0, 0.05) is 6.42 Å². The molecule has 1 fully saturated rings. The van der Waals surface area contributed by atoms with E-state index in [1.165, 1.54) is 52.7 Å². The summed E-state index contributed by atoms with van der Waals surface area (Å²) in [6.45, 7) is 2.62. The summed E-state index contributed by atoms with van der Waals surface area (Å²) in [5, 5.41) is 3.20. The number of unbranched alkanes of at least 4 members (excludes halogenated alkanes) is 2. The maximum Gasteiger partial charge on any atom is 0.199 e. The molecular weight excluding hydrogens is 470 g/mol. The Balaban J connectivity index is 1.41. The zero-order valence-corrected chi connectivity index (χ0v) is 22.7. The highest BCUT2D eigenvalue weighted by Crippen LogP contribution is 2.41. The molecule has 1 aliphatic heterocycles. The molecule has 38 heavy (non-hydrogen) atoms. The van der Waals surface area contributed by atoms with Crippen LogP contribution >= 0.6 is 0 Å². The lowest BCUT2D eigenvalue weighted by Gasteiger charge is -2.24. The molecule has 0 amide bonds. The molecule has 0 aromatic heterocycles. The Hall–Kier alpha value is -3.08. The van der Waals surface area contributed by atoms with Crippen LogP contribution in [0.25, 0.3) is 11.1 Å². The average molecular weight is 512 g/mol. The Labute approximate surface area is 228 Å². The molecule has 1 atom stereocenters. The molecule has 0 bridgehead atoms. The molecule has 200 valence electrons. The molecule has 4 nitrogen and oxygen atoms in total. The number of hydrogen-bond donors (Lipinski definition) is 1. The lowest BCUT2D eigenvalue weighted by atomic mass is 9.88. The first-order valence-corrected chi connectivity index (χ1v) is 14.4. The van der Waals surface area contributed by atoms with Crippen molar-refractivity contribution in [3.05, 3.63) is 95.1 Å². The summed E-state index contributed by atoms with van der Waals surface area (Å²) in [6.07, 6.45) is 9.77. The van der Waals surface area contributed by atoms with Crippen LogP contribution in [0.15, 0.2) is 72.8 Å². The van der Waals surface area contributed by atoms with Crippen molar-refractivity contribution in [3.63, 3.8) is 0 Å². The molecule has 1 heterocycles. The zero-order chi connectivity index (χ0) is 26.0. The van der Waals surface area contributed by atoms with Gasteiger partial charge in [0.1, 0.15) is 11.5 Å². The first-order valence-electron chi connectivity index (χ1n) is 14.4. The number of ether oxygens (including phenoxy) is 3. The molecule has 5 rings (SSSR count). The third kappa shape index (κ3) is 6.86. The van der Waals surface area contributed by atoms with E-state index in [4.69, 9.17) is 14.2 Å². The molecule has 0 spiro atoms. The smallest absolute Gasteiger partial charge is 0.199 e. The van der Waals surface area contributed by atoms with Crippen LogP contribution in [-0.4, -0.2) is 33.1 Å². The minimum atomic E-state index is -0.127. The lowest BCUT2D eigenvalue weighted by molar-refractivity contribution is -0.105. The van der Waals surface area contributed by atoms with Gasteiger partial charge < -0.3 is 19.5 Å². The highest BCUT2D eigenvalue weighted by atomic mass is 16.7. The van der Waals surface area contributed by atoms with Crippen LogP contribution in [0.5, 0.6) is 11.5 Å². The summed E-state index contributed by atoms with van der Waals surface area (Å²) < 4.78 is 18.1. The van der Waals surface area contributed by atoms with Crippen molar-refractivity contribution in [1.29, 1.82) is 0 Å². The monoisotopic (exact) mass is 511 g/mol. The fourth-order valence-electron chi connectivity index (χ4n) is 5.54. The van der Waals surface area contributed by atoms with Crippen LogP contribution in [0.1, 0.15) is 73.6 Å². The SMILES string of the molecule is CNCCCCCOc1ccc(C2=C(c3ccccc3)CCCc3cc(OC4CCCCO4)ccc32)cc1. The van der Waals surface area contributed by atoms with Crippen molar-refractivity contribution in [2.24, 2.45) is 0 Å². The zero-order valence-electron chi connectivity index (χ0n) is 22.7. The van der Waals surface area contributed by atoms with Crippen molar-refractivity contribution in [3.8, 4) is 11.5 Å². The predicted molar refractivity (Wildman–Crippen MR) is 156 cm³/mol. The minimum Gasteiger partial charge on any atom is -0.494 e. The van der Waals surface area contributed by atoms with Crippen LogP contribution in [0.3, 0.4) is 0 Å². The molecule has 1 aliphatic carbocycles. The van der Waals surface area contributed by atoms with Gasteiger partial charge in [-0.1, -0.05) is 48.5 Å². The van der Waals surface area contributed by atoms with Crippen molar-refractivity contribution >= 4 is 11.1 Å². The van der Waals surface area contributed by atoms with Crippen molar-refractivity contribution < 1.29 is 14.2 Å². The Morgan fingerprint density at radius 1 is 0.816 bits per heavy atom. The first-order chi connectivity index (χ1) is 18.8. The third-order valence-corrected chi connectivity index (χ3v) is 7.53. The largest absolute Gasteiger partial charge is 0.494 e. The molecular formula is C34H41NO3. The fraction of sp³-hybridized carbons (Fsp3) is 0.412. The van der Waals surface area contributed by atoms with Crippen molar-refractivity contribution in [2.45, 2.75) is 64.1 Å². The molecule has 3 aromatic rings. The van der Waals surface area contributed by atoms with Crippen molar-refractivity contribution in [2.75, 3.05) is 26.8 Å². The molecule has 3 aromatic carbocycles. The van der Waals surface area contributed by atoms with Gasteiger partial charge in [-0.2, -0.15) is 0 Å². The summed E-state index contributed by atoms with van der Waals surface area (Å²) in [5.41, 5.74) is 7.91. The number of nitrogens with one attached hydrogen (secondary N) is 1. The van der Waals surface area contributed by atoms with Gasteiger partial charge in [0.05, 0.1) is 13.2 Å². The maximum atomic E-state index is 6.24. The molecule has 1 N–H and O–H groups in total. The van der Waals surface area contributed by atoms with Gasteiger partial charge in [-0.05, 0) is 123 Å². The lowest BCUT2D eigenvalue weighted by Crippen LogP contribution is -2.25. The minimum absolute atomic E-state index is 0.127. The van der Waals surface area contributed by atoms with Gasteiger partial charge in [-0.3, -0.25) is 0 Å². The number of rotatable bonds is 11. The fourth-order valence-corrected chi connectivity index (χ4v) is 5.54. The van der Waals surface area contributed by atoms with Crippen molar-refractivity contribution in [1.82, 2.24) is 5.32 Å². The van der Waals surface area contributed by atoms with Gasteiger partial charge in [-0.25, -0.2) is 0 Å². The molecule has 1 saturated heterocycles. The molecule has 0 saturated carbocycles. The van der Waals surface area contributed by atoms with E-state index in [1.807, 2.05) is 7.05 Å². The molecule has 1 unspecified atom stereocenters. The standard InChI is InChI=1S/C34H41NO3/c1-35-22-7-3-8-23-36-29-18-16-27(17-19-29)34-31(26-11-4-2-5-12-26)14-10-13-28-25-30(20-21-32(28)34)38-33-15-6-9-24-37-33/h2,4-5,11-12,16-21,25,33,35H,3,6-10,13-15,22-24H2,1H3. The van der Waals surface area contributed by atoms with E-state index in [0.29, 0.717) is 0 Å². The number of hydrogen-bond acceptors (Lipinski definition) is 4. The van der Waals surface area contributed by atoms with E-state index in [2.05, 4.69) is 78.1 Å². The van der Waals surface area contributed by atoms with E-state index in [-0.39, 0.29) is 6.29 Å². The van der Waals surface area contributed by atoms with Crippen LogP contribution < -0.4 is 14.8 Å². The van der Waals surface area contributed by atoms with Gasteiger partial charge >= 0.3 is 0 Å². The van der Waals surface area contributed by atoms with Crippen LogP contribution in [0, 0.1) is 0 Å². The van der Waals surface area contributed by atoms with E-state index in [0.717, 1.165) is 69.8 Å². The van der Waals surface area contributed by atoms with Gasteiger partial charge in [-0.15, -0.1) is 0 Å². The Morgan fingerprint density at radius 3 is 2.45 bits per heavy atom. The predicted octanol–water partition coefficient (Wildman–Crippen LogP) is 7.66. The average Bonchev–Trinajstić information content (AvgIpc) is 3.16. The maximum absolute atomic E-state index is 6.24. The third-order valence-electron chi connectivity index (χ3n) is 7.53. The van der Waals surface area contributed by atoms with Gasteiger partial charge in [0.25, 0.3) is 0 Å². The second kappa shape index (κ2) is 13.6. The normalized spacial score (nSPS) is 17.6. The quantitative estimate of drug-likeness (QED) is 0.268. The Morgan fingerprint density at radius 2 is 1.66 bits per heavy atom. The van der Waals surface area contributed by atoms with Gasteiger partial charge in [0.15, 0.2) is 6.29 Å². The summed E-state index contributed by atoms with van der Waals surface area (Å²) >= 11 is 0. The van der Waals surface area contributed by atoms with Crippen LogP contribution in [0.4, 0.5) is 0 Å². The molecule has 2 aliphatic rings. The second-order valence-electron chi connectivity index (χ2n) is 10.3. The number of benzene rings is 3. The van der Waals surface area contributed by atoms with E-state index < -0.39 is 0 Å². The highest BCUT2D eigenvalue weighted by molar-refractivity contribution is 6.00. The van der Waals surface area contributed by atoms with E-state index in [9.17, 15) is 0 Å². The van der Waals surface area contributed by atoms with Gasteiger partial charge in [0.2, 0.25) is 0 Å². The topological polar surface area (TPSA) is 39.7 Å². The Kier molecular flexibility index (Phi) is 9.52. The molecule has 4 heteroatoms. The summed E-state index contributed by atoms with van der Waals surface area (Å²) in [4.78, 5) is 0. The van der Waals surface area contributed by atoms with E-state index in [1.54, 1.807) is 0 Å². The summed E-state index contributed by atoms with van der Waals surface area (Å²) in [6, 6.07) is 26.2. The molecule has 0 radical (unpaired) electrons. The number of aryl methyl sites for hydroxylation is 1. The highest BCUT2D eigenvalue weighted by Gasteiger charge is 2.22. The summed E-state index contributed by atoms with van der Waals surface area (Å²) in [7, 11) is 2.00. The Bertz CT molecular complexity index is 1180. The van der Waals surface area contributed by atoms with Crippen LogP contribution in [0.2, 0.25) is 0 Å². The first kappa shape index (κ1) is 26.5. The number of allylic oxidation sites excluding steroid dienone is 1. The summed E-state index contributed by atoms with van der Waals surface area (Å²) in [5.74, 6) is 1.85.